The number of rotatable bonds is 4. The van der Waals surface area contributed by atoms with Crippen molar-refractivity contribution in [2.24, 2.45) is 5.10 Å². The van der Waals surface area contributed by atoms with Gasteiger partial charge >= 0.3 is 12.1 Å². The minimum atomic E-state index is -4.48. The number of nitrogens with zero attached hydrogens (tertiary/aromatic N) is 3. The lowest BCUT2D eigenvalue weighted by Crippen LogP contribution is -2.25. The Labute approximate surface area is 139 Å². The van der Waals surface area contributed by atoms with Crippen molar-refractivity contribution < 1.29 is 22.7 Å². The molecule has 5 nitrogen and oxygen atoms in total. The molecule has 0 radical (unpaired) electrons. The average Bonchev–Trinajstić information content (AvgIpc) is 2.76. The molecule has 1 aromatic rings. The van der Waals surface area contributed by atoms with E-state index < -0.39 is 17.7 Å². The van der Waals surface area contributed by atoms with Crippen LogP contribution >= 0.6 is 15.9 Å². The van der Waals surface area contributed by atoms with E-state index in [1.165, 1.54) is 0 Å². The van der Waals surface area contributed by atoms with Gasteiger partial charge in [-0.05, 0) is 46.6 Å². The number of alkyl halides is 3. The molecule has 0 bridgehead atoms. The Balaban J connectivity index is 2.34. The van der Waals surface area contributed by atoms with Crippen molar-refractivity contribution in [3.8, 4) is 0 Å². The highest BCUT2D eigenvalue weighted by Crippen LogP contribution is 2.31. The number of benzene rings is 1. The summed E-state index contributed by atoms with van der Waals surface area (Å²) >= 11 is 3.24. The van der Waals surface area contributed by atoms with Gasteiger partial charge in [0.25, 0.3) is 0 Å². The number of hydrogen-bond acceptors (Lipinski definition) is 5. The second kappa shape index (κ2) is 6.77. The first-order valence-electron chi connectivity index (χ1n) is 6.79. The summed E-state index contributed by atoms with van der Waals surface area (Å²) in [6, 6.07) is 2.99. The van der Waals surface area contributed by atoms with Gasteiger partial charge < -0.3 is 9.64 Å². The van der Waals surface area contributed by atoms with Crippen molar-refractivity contribution in [3.05, 3.63) is 34.9 Å². The zero-order valence-corrected chi connectivity index (χ0v) is 14.1. The lowest BCUT2D eigenvalue weighted by atomic mass is 10.0. The SMILES string of the molecule is CCOC(=O)c1ccc(C(F)(F)F)cc1CN1CN(C)C(Br)=N1. The van der Waals surface area contributed by atoms with Gasteiger partial charge in [0, 0.05) is 7.05 Å². The normalized spacial score (nSPS) is 15.0. The summed E-state index contributed by atoms with van der Waals surface area (Å²) in [4.78, 5) is 13.7. The van der Waals surface area contributed by atoms with Gasteiger partial charge in [0.05, 0.1) is 24.3 Å². The Morgan fingerprint density at radius 2 is 2.13 bits per heavy atom. The Bertz CT molecular complexity index is 634. The highest BCUT2D eigenvalue weighted by molar-refractivity contribution is 9.18. The molecular formula is C14H15BrF3N3O2. The van der Waals surface area contributed by atoms with Gasteiger partial charge in [-0.1, -0.05) is 0 Å². The summed E-state index contributed by atoms with van der Waals surface area (Å²) in [5.41, 5.74) is -0.477. The van der Waals surface area contributed by atoms with Gasteiger partial charge in [-0.2, -0.15) is 13.2 Å². The van der Waals surface area contributed by atoms with E-state index in [4.69, 9.17) is 4.74 Å². The maximum atomic E-state index is 12.9. The lowest BCUT2D eigenvalue weighted by Gasteiger charge is -2.18. The van der Waals surface area contributed by atoms with E-state index in [0.717, 1.165) is 18.2 Å². The fourth-order valence-electron chi connectivity index (χ4n) is 2.12. The van der Waals surface area contributed by atoms with E-state index in [9.17, 15) is 18.0 Å². The van der Waals surface area contributed by atoms with E-state index in [2.05, 4.69) is 21.0 Å². The summed E-state index contributed by atoms with van der Waals surface area (Å²) in [5.74, 6) is -0.646. The fraction of sp³-hybridized carbons (Fsp3) is 0.429. The molecule has 0 aromatic heterocycles. The van der Waals surface area contributed by atoms with Gasteiger partial charge in [0.2, 0.25) is 0 Å². The molecule has 0 spiro atoms. The topological polar surface area (TPSA) is 45.1 Å². The third kappa shape index (κ3) is 4.15. The zero-order chi connectivity index (χ0) is 17.2. The second-order valence-electron chi connectivity index (χ2n) is 4.96. The average molecular weight is 394 g/mol. The summed E-state index contributed by atoms with van der Waals surface area (Å²) in [7, 11) is 1.78. The van der Waals surface area contributed by atoms with Crippen LogP contribution in [0.3, 0.4) is 0 Å². The minimum Gasteiger partial charge on any atom is -0.462 e. The van der Waals surface area contributed by atoms with Crippen LogP contribution in [0, 0.1) is 0 Å². The number of halogens is 4. The van der Waals surface area contributed by atoms with Crippen LogP contribution in [0.15, 0.2) is 23.3 Å². The number of carbonyl (C=O) groups excluding carboxylic acids is 1. The first-order valence-corrected chi connectivity index (χ1v) is 7.59. The summed E-state index contributed by atoms with van der Waals surface area (Å²) in [5, 5.41) is 5.72. The smallest absolute Gasteiger partial charge is 0.416 e. The summed E-state index contributed by atoms with van der Waals surface area (Å²) in [6.45, 7) is 2.25. The monoisotopic (exact) mass is 393 g/mol. The number of esters is 1. The molecule has 23 heavy (non-hydrogen) atoms. The number of hydrogen-bond donors (Lipinski definition) is 0. The van der Waals surface area contributed by atoms with Gasteiger partial charge in [-0.3, -0.25) is 5.01 Å². The van der Waals surface area contributed by atoms with Crippen LogP contribution in [0.25, 0.3) is 0 Å². The van der Waals surface area contributed by atoms with E-state index >= 15 is 0 Å². The molecule has 1 aromatic carbocycles. The molecule has 0 unspecified atom stereocenters. The van der Waals surface area contributed by atoms with Crippen LogP contribution in [-0.2, 0) is 17.5 Å². The molecule has 0 saturated heterocycles. The van der Waals surface area contributed by atoms with Crippen LogP contribution < -0.4 is 0 Å². The Hall–Kier alpha value is -1.77. The maximum absolute atomic E-state index is 12.9. The van der Waals surface area contributed by atoms with E-state index in [-0.39, 0.29) is 24.3 Å². The standard InChI is InChI=1S/C14H15BrF3N3O2/c1-3-23-12(22)11-5-4-10(14(16,17)18)6-9(11)7-21-8-20(2)13(15)19-21/h4-6H,3,7-8H2,1-2H3. The largest absolute Gasteiger partial charge is 0.462 e. The third-order valence-corrected chi connectivity index (χ3v) is 3.96. The van der Waals surface area contributed by atoms with Crippen LogP contribution in [0.5, 0.6) is 0 Å². The Kier molecular flexibility index (Phi) is 5.18. The first kappa shape index (κ1) is 17.6. The quantitative estimate of drug-likeness (QED) is 0.581. The van der Waals surface area contributed by atoms with Gasteiger partial charge in [-0.25, -0.2) is 4.79 Å². The number of hydrazone groups is 1. The van der Waals surface area contributed by atoms with E-state index in [1.807, 2.05) is 0 Å². The Morgan fingerprint density at radius 3 is 2.65 bits per heavy atom. The van der Waals surface area contributed by atoms with Gasteiger partial charge in [-0.15, -0.1) is 5.10 Å². The predicted molar refractivity (Wildman–Crippen MR) is 81.9 cm³/mol. The van der Waals surface area contributed by atoms with E-state index in [1.54, 1.807) is 23.9 Å². The molecule has 9 heteroatoms. The van der Waals surface area contributed by atoms with Crippen molar-refractivity contribution >= 4 is 26.6 Å². The van der Waals surface area contributed by atoms with Crippen molar-refractivity contribution in [2.45, 2.75) is 19.6 Å². The van der Waals surface area contributed by atoms with Gasteiger partial charge in [0.15, 0.2) is 4.74 Å². The molecule has 1 aliphatic rings. The molecule has 0 amide bonds. The highest BCUT2D eigenvalue weighted by atomic mass is 79.9. The molecule has 0 N–H and O–H groups in total. The zero-order valence-electron chi connectivity index (χ0n) is 12.5. The molecule has 2 rings (SSSR count). The number of ether oxygens (including phenoxy) is 1. The Morgan fingerprint density at radius 1 is 1.43 bits per heavy atom. The van der Waals surface area contributed by atoms with Crippen LogP contribution in [0.1, 0.15) is 28.4 Å². The van der Waals surface area contributed by atoms with Crippen LogP contribution in [0.4, 0.5) is 13.2 Å². The third-order valence-electron chi connectivity index (χ3n) is 3.20. The van der Waals surface area contributed by atoms with Crippen molar-refractivity contribution in [1.82, 2.24) is 9.91 Å². The van der Waals surface area contributed by atoms with E-state index in [0.29, 0.717) is 11.4 Å². The minimum absolute atomic E-state index is 0.0670. The molecule has 1 aliphatic heterocycles. The fourth-order valence-corrected chi connectivity index (χ4v) is 2.46. The van der Waals surface area contributed by atoms with Crippen molar-refractivity contribution in [3.63, 3.8) is 0 Å². The second-order valence-corrected chi connectivity index (χ2v) is 5.67. The number of carbonyl (C=O) groups is 1. The molecular weight excluding hydrogens is 379 g/mol. The molecule has 0 fully saturated rings. The molecule has 0 aliphatic carbocycles. The summed E-state index contributed by atoms with van der Waals surface area (Å²) < 4.78 is 44.2. The first-order chi connectivity index (χ1) is 10.7. The molecule has 0 atom stereocenters. The maximum Gasteiger partial charge on any atom is 0.416 e. The number of amidine groups is 1. The lowest BCUT2D eigenvalue weighted by molar-refractivity contribution is -0.137. The van der Waals surface area contributed by atoms with Gasteiger partial charge in [0.1, 0.15) is 6.67 Å². The van der Waals surface area contributed by atoms with Crippen molar-refractivity contribution in [1.29, 1.82) is 0 Å². The van der Waals surface area contributed by atoms with Crippen LogP contribution in [0.2, 0.25) is 0 Å². The van der Waals surface area contributed by atoms with Crippen molar-refractivity contribution in [2.75, 3.05) is 20.3 Å². The predicted octanol–water partition coefficient (Wildman–Crippen LogP) is 3.25. The molecule has 0 saturated carbocycles. The van der Waals surface area contributed by atoms with Crippen LogP contribution in [-0.4, -0.2) is 40.9 Å². The molecule has 126 valence electrons. The summed E-state index contributed by atoms with van der Waals surface area (Å²) in [6.07, 6.45) is -4.48. The highest BCUT2D eigenvalue weighted by Gasteiger charge is 2.32. The molecule has 1 heterocycles.